The Bertz CT molecular complexity index is 268. The monoisotopic (exact) mass is 242 g/mol. The van der Waals surface area contributed by atoms with Gasteiger partial charge in [-0.3, -0.25) is 0 Å². The Morgan fingerprint density at radius 1 is 1.67 bits per heavy atom. The highest BCUT2D eigenvalue weighted by atomic mass is 32.2. The van der Waals surface area contributed by atoms with E-state index in [2.05, 4.69) is 34.4 Å². The Morgan fingerprint density at radius 2 is 2.60 bits per heavy atom. The van der Waals surface area contributed by atoms with Crippen LogP contribution in [0.15, 0.2) is 11.6 Å². The minimum absolute atomic E-state index is 0.468. The molecule has 0 saturated carbocycles. The summed E-state index contributed by atoms with van der Waals surface area (Å²) >= 11 is 3.85. The number of rotatable bonds is 5. The molecule has 0 aromatic carbocycles. The van der Waals surface area contributed by atoms with E-state index in [9.17, 15) is 0 Å². The molecule has 0 radical (unpaired) electrons. The molecule has 2 unspecified atom stereocenters. The summed E-state index contributed by atoms with van der Waals surface area (Å²) in [4.78, 5) is 4.38. The maximum absolute atomic E-state index is 4.38. The van der Waals surface area contributed by atoms with E-state index in [1.165, 1.54) is 22.9 Å². The van der Waals surface area contributed by atoms with E-state index in [-0.39, 0.29) is 0 Å². The lowest BCUT2D eigenvalue weighted by atomic mass is 10.1. The van der Waals surface area contributed by atoms with Gasteiger partial charge >= 0.3 is 0 Å². The van der Waals surface area contributed by atoms with Gasteiger partial charge in [0.25, 0.3) is 0 Å². The summed E-state index contributed by atoms with van der Waals surface area (Å²) in [6.45, 7) is 3.38. The van der Waals surface area contributed by atoms with Crippen molar-refractivity contribution in [2.75, 3.05) is 18.1 Å². The van der Waals surface area contributed by atoms with E-state index >= 15 is 0 Å². The van der Waals surface area contributed by atoms with Gasteiger partial charge in [-0.1, -0.05) is 6.92 Å². The van der Waals surface area contributed by atoms with Crippen molar-refractivity contribution in [2.45, 2.75) is 25.8 Å². The smallest absolute Gasteiger partial charge is 0.109 e. The number of nitrogens with zero attached hydrogens (tertiary/aromatic N) is 1. The zero-order valence-electron chi connectivity index (χ0n) is 9.11. The van der Waals surface area contributed by atoms with Crippen molar-refractivity contribution in [3.05, 3.63) is 16.6 Å². The lowest BCUT2D eigenvalue weighted by Crippen LogP contribution is -2.27. The normalized spacial score (nSPS) is 23.1. The molecule has 0 bridgehead atoms. The van der Waals surface area contributed by atoms with Crippen molar-refractivity contribution in [3.63, 3.8) is 0 Å². The van der Waals surface area contributed by atoms with Crippen LogP contribution in [0, 0.1) is 5.92 Å². The fraction of sp³-hybridized carbons (Fsp3) is 0.727. The lowest BCUT2D eigenvalue weighted by Gasteiger charge is -2.17. The number of thioether (sulfide) groups is 1. The zero-order valence-corrected chi connectivity index (χ0v) is 10.7. The van der Waals surface area contributed by atoms with Crippen LogP contribution in [0.4, 0.5) is 0 Å². The number of hydrogen-bond acceptors (Lipinski definition) is 4. The summed E-state index contributed by atoms with van der Waals surface area (Å²) < 4.78 is 0. The molecule has 0 aliphatic carbocycles. The van der Waals surface area contributed by atoms with Gasteiger partial charge in [-0.05, 0) is 36.8 Å². The third kappa shape index (κ3) is 3.20. The molecule has 2 atom stereocenters. The van der Waals surface area contributed by atoms with Crippen LogP contribution in [0.1, 0.15) is 30.8 Å². The van der Waals surface area contributed by atoms with Gasteiger partial charge in [0.05, 0.1) is 6.04 Å². The van der Waals surface area contributed by atoms with E-state index in [0.29, 0.717) is 6.04 Å². The molecule has 1 aliphatic heterocycles. The van der Waals surface area contributed by atoms with Gasteiger partial charge in [-0.15, -0.1) is 11.3 Å². The molecule has 2 nitrogen and oxygen atoms in total. The van der Waals surface area contributed by atoms with E-state index in [4.69, 9.17) is 0 Å². The van der Waals surface area contributed by atoms with Crippen molar-refractivity contribution in [1.29, 1.82) is 0 Å². The highest BCUT2D eigenvalue weighted by Crippen LogP contribution is 2.24. The van der Waals surface area contributed by atoms with E-state index in [0.717, 1.165) is 18.9 Å². The van der Waals surface area contributed by atoms with Crippen molar-refractivity contribution in [2.24, 2.45) is 5.92 Å². The molecule has 2 rings (SSSR count). The fourth-order valence-electron chi connectivity index (χ4n) is 1.87. The number of thiazole rings is 1. The number of aromatic nitrogens is 1. The number of nitrogens with one attached hydrogen (secondary N) is 1. The van der Waals surface area contributed by atoms with Crippen LogP contribution in [0.2, 0.25) is 0 Å². The lowest BCUT2D eigenvalue weighted by molar-refractivity contribution is 0.449. The minimum atomic E-state index is 0.468. The first-order valence-electron chi connectivity index (χ1n) is 5.60. The first-order valence-corrected chi connectivity index (χ1v) is 7.64. The van der Waals surface area contributed by atoms with Crippen molar-refractivity contribution in [3.8, 4) is 0 Å². The highest BCUT2D eigenvalue weighted by molar-refractivity contribution is 7.99. The van der Waals surface area contributed by atoms with Crippen molar-refractivity contribution >= 4 is 23.1 Å². The van der Waals surface area contributed by atoms with Crippen LogP contribution in [-0.4, -0.2) is 23.0 Å². The second-order valence-electron chi connectivity index (χ2n) is 3.97. The maximum Gasteiger partial charge on any atom is 0.109 e. The highest BCUT2D eigenvalue weighted by Gasteiger charge is 2.18. The zero-order chi connectivity index (χ0) is 10.5. The first-order chi connectivity index (χ1) is 7.40. The first kappa shape index (κ1) is 11.4. The van der Waals surface area contributed by atoms with Crippen LogP contribution in [0.3, 0.4) is 0 Å². The van der Waals surface area contributed by atoms with Gasteiger partial charge in [0, 0.05) is 11.6 Å². The number of hydrogen-bond donors (Lipinski definition) is 1. The van der Waals surface area contributed by atoms with Crippen LogP contribution in [-0.2, 0) is 0 Å². The maximum atomic E-state index is 4.38. The SMILES string of the molecule is CCC(NCC1CCSC1)c1nccs1. The summed E-state index contributed by atoms with van der Waals surface area (Å²) in [6, 6.07) is 0.468. The van der Waals surface area contributed by atoms with Crippen LogP contribution >= 0.6 is 23.1 Å². The van der Waals surface area contributed by atoms with Gasteiger partial charge < -0.3 is 5.32 Å². The topological polar surface area (TPSA) is 24.9 Å². The molecule has 1 fully saturated rings. The Kier molecular flexibility index (Phi) is 4.47. The molecular formula is C11H18N2S2. The summed E-state index contributed by atoms with van der Waals surface area (Å²) in [5.41, 5.74) is 0. The molecule has 1 aliphatic rings. The average molecular weight is 242 g/mol. The summed E-state index contributed by atoms with van der Waals surface area (Å²) in [6.07, 6.45) is 4.41. The molecule has 1 saturated heterocycles. The molecule has 84 valence electrons. The van der Waals surface area contributed by atoms with E-state index in [1.54, 1.807) is 11.3 Å². The van der Waals surface area contributed by atoms with E-state index < -0.39 is 0 Å². The third-order valence-electron chi connectivity index (χ3n) is 2.83. The Balaban J connectivity index is 1.80. The summed E-state index contributed by atoms with van der Waals surface area (Å²) in [5.74, 6) is 3.56. The molecule has 1 N–H and O–H groups in total. The predicted octanol–water partition coefficient (Wildman–Crippen LogP) is 2.94. The quantitative estimate of drug-likeness (QED) is 0.859. The minimum Gasteiger partial charge on any atom is -0.308 e. The van der Waals surface area contributed by atoms with Gasteiger partial charge in [0.15, 0.2) is 0 Å². The fourth-order valence-corrected chi connectivity index (χ4v) is 3.95. The molecule has 1 aromatic rings. The molecule has 15 heavy (non-hydrogen) atoms. The van der Waals surface area contributed by atoms with Crippen LogP contribution in [0.25, 0.3) is 0 Å². The second-order valence-corrected chi connectivity index (χ2v) is 6.05. The Morgan fingerprint density at radius 3 is 3.20 bits per heavy atom. The Hall–Kier alpha value is -0.0600. The summed E-state index contributed by atoms with van der Waals surface area (Å²) in [7, 11) is 0. The van der Waals surface area contributed by atoms with E-state index in [1.807, 2.05) is 6.20 Å². The molecule has 1 aromatic heterocycles. The van der Waals surface area contributed by atoms with Crippen LogP contribution < -0.4 is 5.32 Å². The average Bonchev–Trinajstić information content (AvgIpc) is 2.90. The largest absolute Gasteiger partial charge is 0.308 e. The summed E-state index contributed by atoms with van der Waals surface area (Å²) in [5, 5.41) is 6.95. The van der Waals surface area contributed by atoms with Crippen molar-refractivity contribution < 1.29 is 0 Å². The van der Waals surface area contributed by atoms with Gasteiger partial charge in [-0.2, -0.15) is 11.8 Å². The van der Waals surface area contributed by atoms with Gasteiger partial charge in [0.1, 0.15) is 5.01 Å². The van der Waals surface area contributed by atoms with Crippen molar-refractivity contribution in [1.82, 2.24) is 10.3 Å². The molecule has 2 heterocycles. The Labute approximate surface area is 99.9 Å². The molecule has 0 amide bonds. The molecular weight excluding hydrogens is 224 g/mol. The predicted molar refractivity (Wildman–Crippen MR) is 68.6 cm³/mol. The van der Waals surface area contributed by atoms with Gasteiger partial charge in [0.2, 0.25) is 0 Å². The van der Waals surface area contributed by atoms with Gasteiger partial charge in [-0.25, -0.2) is 4.98 Å². The third-order valence-corrected chi connectivity index (χ3v) is 4.96. The van der Waals surface area contributed by atoms with Crippen LogP contribution in [0.5, 0.6) is 0 Å². The second kappa shape index (κ2) is 5.87. The molecule has 0 spiro atoms. The standard InChI is InChI=1S/C11H18N2S2/c1-2-10(11-12-4-6-15-11)13-7-9-3-5-14-8-9/h4,6,9-10,13H,2-3,5,7-8H2,1H3. The molecule has 4 heteroatoms.